The molecule has 0 spiro atoms. The van der Waals surface area contributed by atoms with E-state index in [1.807, 2.05) is 0 Å². The normalized spacial score (nSPS) is 22.0. The Kier molecular flexibility index (Phi) is 5.05. The second kappa shape index (κ2) is 6.98. The number of nitrogens with zero attached hydrogens (tertiary/aromatic N) is 2. The molecule has 0 aliphatic carbocycles. The van der Waals surface area contributed by atoms with Gasteiger partial charge >= 0.3 is 5.97 Å². The SMILES string of the molecule is CC1=C(C(=O)O)N2C(=O)[C@@H](NC(=O)Cn3cc(Cl)c(=O)c(Cl)c3)[C@H]2SC1. The predicted octanol–water partition coefficient (Wildman–Crippen LogP) is 0.914. The van der Waals surface area contributed by atoms with Gasteiger partial charge in [0.2, 0.25) is 11.3 Å². The van der Waals surface area contributed by atoms with Crippen LogP contribution in [0.5, 0.6) is 0 Å². The monoisotopic (exact) mass is 417 g/mol. The summed E-state index contributed by atoms with van der Waals surface area (Å²) in [6, 6.07) is -0.805. The summed E-state index contributed by atoms with van der Waals surface area (Å²) in [5, 5.41) is 11.2. The first-order chi connectivity index (χ1) is 12.2. The molecule has 1 fully saturated rings. The Morgan fingerprint density at radius 2 is 1.92 bits per heavy atom. The van der Waals surface area contributed by atoms with Gasteiger partial charge < -0.3 is 15.0 Å². The molecule has 1 saturated heterocycles. The van der Waals surface area contributed by atoms with E-state index in [1.165, 1.54) is 33.6 Å². The highest BCUT2D eigenvalue weighted by Gasteiger charge is 2.53. The molecule has 2 aliphatic heterocycles. The van der Waals surface area contributed by atoms with Crippen LogP contribution in [0.25, 0.3) is 0 Å². The zero-order chi connectivity index (χ0) is 19.2. The summed E-state index contributed by atoms with van der Waals surface area (Å²) in [5.41, 5.74) is 0.0504. The Bertz CT molecular complexity index is 887. The maximum atomic E-state index is 12.3. The molecule has 0 aromatic carbocycles. The van der Waals surface area contributed by atoms with Gasteiger partial charge in [-0.25, -0.2) is 4.79 Å². The lowest BCUT2D eigenvalue weighted by Crippen LogP contribution is -2.70. The van der Waals surface area contributed by atoms with Crippen LogP contribution >= 0.6 is 35.0 Å². The Morgan fingerprint density at radius 3 is 2.50 bits per heavy atom. The molecule has 2 N–H and O–H groups in total. The molecule has 2 aliphatic rings. The third kappa shape index (κ3) is 3.22. The fourth-order valence-corrected chi connectivity index (χ4v) is 4.61. The molecule has 8 nitrogen and oxygen atoms in total. The van der Waals surface area contributed by atoms with Gasteiger partial charge in [0.25, 0.3) is 5.91 Å². The topological polar surface area (TPSA) is 109 Å². The first kappa shape index (κ1) is 18.8. The van der Waals surface area contributed by atoms with Gasteiger partial charge in [-0.1, -0.05) is 23.2 Å². The number of hydrogen-bond acceptors (Lipinski definition) is 5. The van der Waals surface area contributed by atoms with Crippen molar-refractivity contribution >= 4 is 52.7 Å². The molecule has 0 unspecified atom stereocenters. The molecule has 3 rings (SSSR count). The number of amides is 2. The molecule has 1 aromatic rings. The molecule has 138 valence electrons. The highest BCUT2D eigenvalue weighted by molar-refractivity contribution is 8.00. The second-order valence-corrected chi connectivity index (χ2v) is 7.76. The summed E-state index contributed by atoms with van der Waals surface area (Å²) in [6.07, 6.45) is 2.54. The highest BCUT2D eigenvalue weighted by atomic mass is 35.5. The predicted molar refractivity (Wildman–Crippen MR) is 96.1 cm³/mol. The zero-order valence-corrected chi connectivity index (χ0v) is 15.7. The van der Waals surface area contributed by atoms with Crippen molar-refractivity contribution in [3.05, 3.63) is 43.9 Å². The van der Waals surface area contributed by atoms with Crippen LogP contribution in [0.3, 0.4) is 0 Å². The van der Waals surface area contributed by atoms with Crippen LogP contribution in [0.15, 0.2) is 28.5 Å². The van der Waals surface area contributed by atoms with Crippen molar-refractivity contribution in [2.45, 2.75) is 24.9 Å². The number of hydrogen-bond donors (Lipinski definition) is 2. The summed E-state index contributed by atoms with van der Waals surface area (Å²) in [6.45, 7) is 1.47. The van der Waals surface area contributed by atoms with Crippen LogP contribution in [-0.4, -0.2) is 49.5 Å². The molecule has 11 heteroatoms. The molecule has 2 atom stereocenters. The molecule has 1 aromatic heterocycles. The van der Waals surface area contributed by atoms with Gasteiger partial charge in [-0.05, 0) is 12.5 Å². The Morgan fingerprint density at radius 1 is 1.31 bits per heavy atom. The van der Waals surface area contributed by atoms with Gasteiger partial charge in [0.15, 0.2) is 0 Å². The lowest BCUT2D eigenvalue weighted by molar-refractivity contribution is -0.150. The Hall–Kier alpha value is -1.97. The van der Waals surface area contributed by atoms with Crippen molar-refractivity contribution in [1.29, 1.82) is 0 Å². The van der Waals surface area contributed by atoms with Gasteiger partial charge in [-0.2, -0.15) is 0 Å². The summed E-state index contributed by atoms with van der Waals surface area (Å²) in [7, 11) is 0. The van der Waals surface area contributed by atoms with E-state index in [0.717, 1.165) is 0 Å². The van der Waals surface area contributed by atoms with Crippen molar-refractivity contribution < 1.29 is 19.5 Å². The number of halogens is 2. The highest BCUT2D eigenvalue weighted by Crippen LogP contribution is 2.40. The van der Waals surface area contributed by atoms with Crippen molar-refractivity contribution in [2.24, 2.45) is 0 Å². The largest absolute Gasteiger partial charge is 0.477 e. The van der Waals surface area contributed by atoms with E-state index in [1.54, 1.807) is 6.92 Å². The zero-order valence-electron chi connectivity index (χ0n) is 13.4. The molecule has 0 bridgehead atoms. The van der Waals surface area contributed by atoms with E-state index < -0.39 is 34.6 Å². The number of aromatic nitrogens is 1. The van der Waals surface area contributed by atoms with Gasteiger partial charge in [0.1, 0.15) is 33.7 Å². The number of thioether (sulfide) groups is 1. The lowest BCUT2D eigenvalue weighted by atomic mass is 10.0. The fourth-order valence-electron chi connectivity index (χ4n) is 2.81. The van der Waals surface area contributed by atoms with E-state index in [2.05, 4.69) is 5.32 Å². The van der Waals surface area contributed by atoms with Crippen LogP contribution in [0, 0.1) is 0 Å². The van der Waals surface area contributed by atoms with Gasteiger partial charge in [0.05, 0.1) is 0 Å². The van der Waals surface area contributed by atoms with E-state index in [-0.39, 0.29) is 22.3 Å². The summed E-state index contributed by atoms with van der Waals surface area (Å²) in [4.78, 5) is 48.6. The molecule has 0 saturated carbocycles. The van der Waals surface area contributed by atoms with E-state index >= 15 is 0 Å². The van der Waals surface area contributed by atoms with Crippen LogP contribution in [0.4, 0.5) is 0 Å². The maximum Gasteiger partial charge on any atom is 0.352 e. The summed E-state index contributed by atoms with van der Waals surface area (Å²) in [5.74, 6) is -1.65. The molecule has 3 heterocycles. The standard InChI is InChI=1S/C15H13Cl2N3O5S/c1-6-5-26-14-10(13(23)20(14)11(6)15(24)25)18-9(21)4-19-2-7(16)12(22)8(17)3-19/h2-3,10,14H,4-5H2,1H3,(H,18,21)(H,24,25)/t10-,14-/m1/s1. The van der Waals surface area contributed by atoms with Crippen molar-refractivity contribution in [1.82, 2.24) is 14.8 Å². The quantitative estimate of drug-likeness (QED) is 0.704. The van der Waals surface area contributed by atoms with Gasteiger partial charge in [-0.3, -0.25) is 19.3 Å². The Labute approximate surface area is 161 Å². The minimum Gasteiger partial charge on any atom is -0.477 e. The van der Waals surface area contributed by atoms with E-state index in [9.17, 15) is 24.3 Å². The lowest BCUT2D eigenvalue weighted by Gasteiger charge is -2.49. The summed E-state index contributed by atoms with van der Waals surface area (Å²) >= 11 is 12.9. The number of fused-ring (bicyclic) bond motifs is 1. The van der Waals surface area contributed by atoms with Crippen LogP contribution < -0.4 is 10.7 Å². The molecule has 0 radical (unpaired) electrons. The van der Waals surface area contributed by atoms with E-state index in [4.69, 9.17) is 23.2 Å². The number of carbonyl (C=O) groups excluding carboxylic acids is 2. The molecule has 2 amide bonds. The minimum atomic E-state index is -1.16. The van der Waals surface area contributed by atoms with Crippen LogP contribution in [-0.2, 0) is 20.9 Å². The fraction of sp³-hybridized carbons (Fsp3) is 0.333. The van der Waals surface area contributed by atoms with Crippen LogP contribution in [0.2, 0.25) is 10.0 Å². The number of nitrogens with one attached hydrogen (secondary N) is 1. The van der Waals surface area contributed by atoms with Crippen molar-refractivity contribution in [3.63, 3.8) is 0 Å². The second-order valence-electron chi connectivity index (χ2n) is 5.84. The average molecular weight is 418 g/mol. The third-order valence-corrected chi connectivity index (χ3v) is 5.96. The van der Waals surface area contributed by atoms with Gasteiger partial charge in [-0.15, -0.1) is 11.8 Å². The first-order valence-electron chi connectivity index (χ1n) is 7.43. The minimum absolute atomic E-state index is 0.0248. The number of pyridine rings is 1. The van der Waals surface area contributed by atoms with Crippen molar-refractivity contribution in [3.8, 4) is 0 Å². The third-order valence-electron chi connectivity index (χ3n) is 4.00. The summed E-state index contributed by atoms with van der Waals surface area (Å²) < 4.78 is 1.34. The number of β-lactam (4-membered cyclic amide) rings is 1. The van der Waals surface area contributed by atoms with Crippen molar-refractivity contribution in [2.75, 3.05) is 5.75 Å². The maximum absolute atomic E-state index is 12.3. The number of rotatable bonds is 4. The van der Waals surface area contributed by atoms with Gasteiger partial charge in [0, 0.05) is 18.1 Å². The molecular weight excluding hydrogens is 405 g/mol. The Balaban J connectivity index is 1.70. The average Bonchev–Trinajstić information content (AvgIpc) is 2.57. The number of carboxylic acid groups (broad SMARTS) is 1. The smallest absolute Gasteiger partial charge is 0.352 e. The first-order valence-corrected chi connectivity index (χ1v) is 9.23. The molecular formula is C15H13Cl2N3O5S. The molecule has 26 heavy (non-hydrogen) atoms. The van der Waals surface area contributed by atoms with Crippen LogP contribution in [0.1, 0.15) is 6.92 Å². The number of carboxylic acids is 1. The number of carbonyl (C=O) groups is 3. The number of aliphatic carboxylic acids is 1. The van der Waals surface area contributed by atoms with E-state index in [0.29, 0.717) is 11.3 Å².